The van der Waals surface area contributed by atoms with Crippen molar-refractivity contribution in [1.29, 1.82) is 0 Å². The van der Waals surface area contributed by atoms with Crippen LogP contribution in [0.15, 0.2) is 0 Å². The molecule has 0 N–H and O–H groups in total. The zero-order chi connectivity index (χ0) is 3.58. The number of hydrogen-bond donors (Lipinski definition) is 0. The number of carboxylic acid groups (broad SMARTS) is 2. The minimum atomic E-state index is -2.33. The number of rotatable bonds is 0. The van der Waals surface area contributed by atoms with E-state index in [4.69, 9.17) is 15.0 Å². The summed E-state index contributed by atoms with van der Waals surface area (Å²) in [4.78, 5) is 8.33. The van der Waals surface area contributed by atoms with Crippen molar-refractivity contribution in [2.75, 3.05) is 0 Å². The molecule has 0 aliphatic heterocycles. The van der Waals surface area contributed by atoms with Crippen LogP contribution in [0.4, 0.5) is 4.79 Å². The Bertz CT molecular complexity index is 33.8. The SMILES string of the molecule is O=C([O-])[O-].[Co+2].[Ni+2]. The molecule has 0 fully saturated rings. The van der Waals surface area contributed by atoms with Crippen molar-refractivity contribution in [2.24, 2.45) is 0 Å². The van der Waals surface area contributed by atoms with E-state index in [0.717, 1.165) is 0 Å². The van der Waals surface area contributed by atoms with E-state index in [1.807, 2.05) is 0 Å². The molecule has 6 heavy (non-hydrogen) atoms. The third-order valence-corrected chi connectivity index (χ3v) is 0. The molecular weight excluding hydrogens is 178 g/mol. The van der Waals surface area contributed by atoms with Gasteiger partial charge >= 0.3 is 33.3 Å². The van der Waals surface area contributed by atoms with E-state index < -0.39 is 6.16 Å². The molecule has 0 atom stereocenters. The Morgan fingerprint density at radius 2 is 1.33 bits per heavy atom. The molecule has 0 aromatic heterocycles. The minimum Gasteiger partial charge on any atom is -0.652 e. The van der Waals surface area contributed by atoms with Crippen molar-refractivity contribution < 1.29 is 48.3 Å². The van der Waals surface area contributed by atoms with Crippen molar-refractivity contribution >= 4 is 6.16 Å². The Kier molecular flexibility index (Phi) is 24.4. The average molecular weight is 178 g/mol. The van der Waals surface area contributed by atoms with Gasteiger partial charge in [-0.3, -0.25) is 0 Å². The molecule has 0 aromatic carbocycles. The van der Waals surface area contributed by atoms with Crippen LogP contribution in [0.1, 0.15) is 0 Å². The van der Waals surface area contributed by atoms with Gasteiger partial charge in [-0.15, -0.1) is 0 Å². The molecule has 0 amide bonds. The van der Waals surface area contributed by atoms with Crippen LogP contribution in [0, 0.1) is 0 Å². The van der Waals surface area contributed by atoms with Crippen LogP contribution in [0.2, 0.25) is 0 Å². The fourth-order valence-corrected chi connectivity index (χ4v) is 0. The van der Waals surface area contributed by atoms with E-state index in [9.17, 15) is 0 Å². The van der Waals surface area contributed by atoms with E-state index >= 15 is 0 Å². The molecular formula is CCoNiO3+2. The summed E-state index contributed by atoms with van der Waals surface area (Å²) in [5, 5.41) is 16.7. The Labute approximate surface area is 54.9 Å². The van der Waals surface area contributed by atoms with E-state index in [-0.39, 0.29) is 33.3 Å². The van der Waals surface area contributed by atoms with E-state index in [1.165, 1.54) is 0 Å². The minimum absolute atomic E-state index is 0. The van der Waals surface area contributed by atoms with E-state index in [0.29, 0.717) is 0 Å². The van der Waals surface area contributed by atoms with Gasteiger partial charge in [0.15, 0.2) is 0 Å². The molecule has 0 saturated carbocycles. The molecule has 0 aliphatic rings. The molecule has 1 radical (unpaired) electrons. The van der Waals surface area contributed by atoms with Gasteiger partial charge in [-0.2, -0.15) is 0 Å². The predicted octanol–water partition coefficient (Wildman–Crippen LogP) is -2.45. The van der Waals surface area contributed by atoms with Crippen molar-refractivity contribution in [1.82, 2.24) is 0 Å². The van der Waals surface area contributed by atoms with Gasteiger partial charge in [-0.25, -0.2) is 0 Å². The summed E-state index contributed by atoms with van der Waals surface area (Å²) in [6.45, 7) is 0. The summed E-state index contributed by atoms with van der Waals surface area (Å²) < 4.78 is 0. The zero-order valence-electron chi connectivity index (χ0n) is 2.37. The Hall–Kier alpha value is 0.270. The summed E-state index contributed by atoms with van der Waals surface area (Å²) in [5.74, 6) is 0. The topological polar surface area (TPSA) is 63.2 Å². The molecule has 0 bridgehead atoms. The first-order valence-corrected chi connectivity index (χ1v) is 0.612. The molecule has 0 aromatic rings. The van der Waals surface area contributed by atoms with Gasteiger partial charge in [0.1, 0.15) is 0 Å². The van der Waals surface area contributed by atoms with Crippen LogP contribution in [0.3, 0.4) is 0 Å². The first kappa shape index (κ1) is 16.3. The fraction of sp³-hybridized carbons (Fsp3) is 0. The van der Waals surface area contributed by atoms with E-state index in [2.05, 4.69) is 0 Å². The molecule has 5 heteroatoms. The first-order chi connectivity index (χ1) is 1.73. The molecule has 3 nitrogen and oxygen atoms in total. The molecule has 0 aliphatic carbocycles. The second-order valence-electron chi connectivity index (χ2n) is 0.250. The second kappa shape index (κ2) is 8.99. The summed E-state index contributed by atoms with van der Waals surface area (Å²) in [5.41, 5.74) is 0. The Morgan fingerprint density at radius 3 is 1.33 bits per heavy atom. The predicted molar refractivity (Wildman–Crippen MR) is 5.40 cm³/mol. The maximum atomic E-state index is 8.33. The smallest absolute Gasteiger partial charge is 0.652 e. The van der Waals surface area contributed by atoms with Gasteiger partial charge in [0.2, 0.25) is 0 Å². The standard InChI is InChI=1S/CH2O3.Co.Ni/c2-1(3)4;;/h(H2,2,3,4);;/q;2*+2/p-2. The number of hydrogen-bond acceptors (Lipinski definition) is 3. The maximum Gasteiger partial charge on any atom is 2.00 e. The zero-order valence-corrected chi connectivity index (χ0v) is 4.40. The molecule has 0 rings (SSSR count). The molecule has 0 heterocycles. The van der Waals surface area contributed by atoms with Crippen molar-refractivity contribution in [2.45, 2.75) is 0 Å². The van der Waals surface area contributed by atoms with Gasteiger partial charge in [0, 0.05) is 0 Å². The van der Waals surface area contributed by atoms with Crippen LogP contribution in [0.25, 0.3) is 0 Å². The second-order valence-corrected chi connectivity index (χ2v) is 0.250. The quantitative estimate of drug-likeness (QED) is 0.386. The Balaban J connectivity index is -0.0000000450. The summed E-state index contributed by atoms with van der Waals surface area (Å²) in [7, 11) is 0. The average Bonchev–Trinajstić information content (AvgIpc) is 0.811. The van der Waals surface area contributed by atoms with Crippen LogP contribution < -0.4 is 10.2 Å². The number of carbonyl (C=O) groups is 1. The maximum absolute atomic E-state index is 8.33. The van der Waals surface area contributed by atoms with Crippen LogP contribution >= 0.6 is 0 Å². The van der Waals surface area contributed by atoms with Gasteiger partial charge in [0.25, 0.3) is 0 Å². The van der Waals surface area contributed by atoms with Gasteiger partial charge in [-0.1, -0.05) is 0 Å². The van der Waals surface area contributed by atoms with Crippen LogP contribution in [-0.2, 0) is 33.3 Å². The van der Waals surface area contributed by atoms with Crippen LogP contribution in [-0.4, -0.2) is 6.16 Å². The molecule has 0 saturated heterocycles. The first-order valence-electron chi connectivity index (χ1n) is 0.612. The van der Waals surface area contributed by atoms with Crippen LogP contribution in [0.5, 0.6) is 0 Å². The molecule has 39 valence electrons. The fourth-order valence-electron chi connectivity index (χ4n) is 0. The monoisotopic (exact) mass is 177 g/mol. The molecule has 0 spiro atoms. The van der Waals surface area contributed by atoms with Gasteiger partial charge in [-0.05, 0) is 6.16 Å². The van der Waals surface area contributed by atoms with E-state index in [1.54, 1.807) is 0 Å². The summed E-state index contributed by atoms with van der Waals surface area (Å²) in [6, 6.07) is 0. The van der Waals surface area contributed by atoms with Crippen molar-refractivity contribution in [3.8, 4) is 0 Å². The summed E-state index contributed by atoms with van der Waals surface area (Å²) >= 11 is 0. The van der Waals surface area contributed by atoms with Crippen molar-refractivity contribution in [3.05, 3.63) is 0 Å². The largest absolute Gasteiger partial charge is 2.00 e. The third-order valence-electron chi connectivity index (χ3n) is 0. The van der Waals surface area contributed by atoms with Crippen molar-refractivity contribution in [3.63, 3.8) is 0 Å². The van der Waals surface area contributed by atoms with Gasteiger partial charge < -0.3 is 15.0 Å². The third kappa shape index (κ3) is 626. The normalized spacial score (nSPS) is 4.00. The van der Waals surface area contributed by atoms with Gasteiger partial charge in [0.05, 0.1) is 0 Å². The Morgan fingerprint density at radius 1 is 1.33 bits per heavy atom. The number of carbonyl (C=O) groups excluding carboxylic acids is 1. The summed E-state index contributed by atoms with van der Waals surface area (Å²) in [6.07, 6.45) is -2.33. The molecule has 0 unspecified atom stereocenters.